The predicted molar refractivity (Wildman–Crippen MR) is 88.8 cm³/mol. The third kappa shape index (κ3) is 2.45. The summed E-state index contributed by atoms with van der Waals surface area (Å²) in [6, 6.07) is 14.7. The summed E-state index contributed by atoms with van der Waals surface area (Å²) in [5.41, 5.74) is 3.61. The Morgan fingerprint density at radius 1 is 1.16 bits per heavy atom. The van der Waals surface area contributed by atoms with E-state index in [9.17, 15) is 0 Å². The lowest BCUT2D eigenvalue weighted by molar-refractivity contribution is 1.20. The van der Waals surface area contributed by atoms with Gasteiger partial charge in [0.25, 0.3) is 0 Å². The zero-order valence-corrected chi connectivity index (χ0v) is 13.5. The molecule has 96 valence electrons. The van der Waals surface area contributed by atoms with E-state index in [4.69, 9.17) is 11.6 Å². The zero-order chi connectivity index (χ0) is 13.4. The van der Waals surface area contributed by atoms with E-state index in [2.05, 4.69) is 57.7 Å². The van der Waals surface area contributed by atoms with Crippen molar-refractivity contribution < 1.29 is 0 Å². The monoisotopic (exact) mass is 350 g/mol. The zero-order valence-electron chi connectivity index (χ0n) is 10.4. The van der Waals surface area contributed by atoms with Crippen LogP contribution >= 0.6 is 38.9 Å². The van der Waals surface area contributed by atoms with Gasteiger partial charge in [-0.05, 0) is 46.5 Å². The number of alkyl halides is 1. The van der Waals surface area contributed by atoms with Crippen molar-refractivity contribution in [2.24, 2.45) is 0 Å². The summed E-state index contributed by atoms with van der Waals surface area (Å²) in [6.45, 7) is 2.02. The molecule has 0 nitrogen and oxygen atoms in total. The van der Waals surface area contributed by atoms with E-state index in [0.717, 1.165) is 10.6 Å². The summed E-state index contributed by atoms with van der Waals surface area (Å²) < 4.78 is 1.32. The quantitative estimate of drug-likeness (QED) is 0.472. The van der Waals surface area contributed by atoms with Crippen LogP contribution in [0.15, 0.2) is 47.8 Å². The molecule has 2 aromatic carbocycles. The van der Waals surface area contributed by atoms with Crippen LogP contribution < -0.4 is 0 Å². The second-order valence-electron chi connectivity index (χ2n) is 4.56. The van der Waals surface area contributed by atoms with Gasteiger partial charge in [-0.1, -0.05) is 57.9 Å². The molecule has 0 saturated heterocycles. The molecule has 3 heteroatoms. The van der Waals surface area contributed by atoms with Gasteiger partial charge in [-0.2, -0.15) is 0 Å². The normalized spacial score (nSPS) is 12.8. The van der Waals surface area contributed by atoms with E-state index in [0.29, 0.717) is 0 Å². The summed E-state index contributed by atoms with van der Waals surface area (Å²) in [7, 11) is 0. The molecule has 0 bridgehead atoms. The van der Waals surface area contributed by atoms with Gasteiger partial charge in [0.15, 0.2) is 0 Å². The van der Waals surface area contributed by atoms with Gasteiger partial charge in [0.1, 0.15) is 0 Å². The topological polar surface area (TPSA) is 0 Å². The first kappa shape index (κ1) is 13.2. The van der Waals surface area contributed by atoms with Crippen molar-refractivity contribution in [2.75, 3.05) is 0 Å². The summed E-state index contributed by atoms with van der Waals surface area (Å²) in [4.78, 5) is 0.182. The van der Waals surface area contributed by atoms with Gasteiger partial charge in [-0.3, -0.25) is 0 Å². The molecule has 0 amide bonds. The highest BCUT2D eigenvalue weighted by molar-refractivity contribution is 9.09. The van der Waals surface area contributed by atoms with E-state index >= 15 is 0 Å². The van der Waals surface area contributed by atoms with Gasteiger partial charge < -0.3 is 0 Å². The van der Waals surface area contributed by atoms with Crippen LogP contribution in [0.3, 0.4) is 0 Å². The van der Waals surface area contributed by atoms with Gasteiger partial charge in [0.2, 0.25) is 0 Å². The first-order valence-corrected chi connectivity index (χ1v) is 8.20. The number of benzene rings is 2. The molecule has 1 aromatic heterocycles. The van der Waals surface area contributed by atoms with Crippen molar-refractivity contribution >= 4 is 49.0 Å². The fourth-order valence-corrected chi connectivity index (χ4v) is 4.16. The van der Waals surface area contributed by atoms with Crippen molar-refractivity contribution in [3.63, 3.8) is 0 Å². The van der Waals surface area contributed by atoms with Crippen LogP contribution in [0.1, 0.15) is 21.5 Å². The molecule has 0 spiro atoms. The molecule has 0 saturated carbocycles. The standard InChI is InChI=1S/C16H12BrClS/c1-10-6-7-11(8-14(10)18)16(17)13-9-19-15-5-3-2-4-12(13)15/h2-9,16H,1H3. The Morgan fingerprint density at radius 3 is 2.74 bits per heavy atom. The van der Waals surface area contributed by atoms with E-state index in [1.807, 2.05) is 13.0 Å². The molecule has 3 rings (SSSR count). The smallest absolute Gasteiger partial charge is 0.0659 e. The highest BCUT2D eigenvalue weighted by Crippen LogP contribution is 2.39. The largest absolute Gasteiger partial charge is 0.143 e. The molecular weight excluding hydrogens is 340 g/mol. The first-order valence-electron chi connectivity index (χ1n) is 6.03. The van der Waals surface area contributed by atoms with Crippen LogP contribution in [-0.4, -0.2) is 0 Å². The minimum Gasteiger partial charge on any atom is -0.143 e. The molecule has 0 N–H and O–H groups in total. The maximum atomic E-state index is 6.22. The minimum absolute atomic E-state index is 0.182. The Kier molecular flexibility index (Phi) is 3.66. The lowest BCUT2D eigenvalue weighted by Crippen LogP contribution is -1.92. The van der Waals surface area contributed by atoms with Crippen molar-refractivity contribution in [2.45, 2.75) is 11.8 Å². The molecule has 0 aliphatic carbocycles. The minimum atomic E-state index is 0.182. The molecule has 0 fully saturated rings. The Morgan fingerprint density at radius 2 is 1.95 bits per heavy atom. The Hall–Kier alpha value is -0.830. The van der Waals surface area contributed by atoms with E-state index in [-0.39, 0.29) is 4.83 Å². The summed E-state index contributed by atoms with van der Waals surface area (Å²) in [5, 5.41) is 4.35. The average Bonchev–Trinajstić information content (AvgIpc) is 2.85. The van der Waals surface area contributed by atoms with Crippen LogP contribution in [0.4, 0.5) is 0 Å². The highest BCUT2D eigenvalue weighted by Gasteiger charge is 2.15. The Labute approximate surface area is 130 Å². The van der Waals surface area contributed by atoms with Gasteiger partial charge in [-0.25, -0.2) is 0 Å². The third-order valence-corrected chi connectivity index (χ3v) is 5.68. The van der Waals surface area contributed by atoms with Crippen molar-refractivity contribution in [1.29, 1.82) is 0 Å². The SMILES string of the molecule is Cc1ccc(C(Br)c2csc3ccccc23)cc1Cl. The number of rotatable bonds is 2. The molecule has 1 heterocycles. The molecular formula is C16H12BrClS. The van der Waals surface area contributed by atoms with Crippen molar-refractivity contribution in [3.8, 4) is 0 Å². The second kappa shape index (κ2) is 5.28. The van der Waals surface area contributed by atoms with Gasteiger partial charge in [0, 0.05) is 9.72 Å². The number of fused-ring (bicyclic) bond motifs is 1. The number of hydrogen-bond donors (Lipinski definition) is 0. The third-order valence-electron chi connectivity index (χ3n) is 3.27. The van der Waals surface area contributed by atoms with Gasteiger partial charge >= 0.3 is 0 Å². The average molecular weight is 352 g/mol. The Bertz CT molecular complexity index is 732. The fourth-order valence-electron chi connectivity index (χ4n) is 2.14. The fraction of sp³-hybridized carbons (Fsp3) is 0.125. The predicted octanol–water partition coefficient (Wildman–Crippen LogP) is 6.35. The van der Waals surface area contributed by atoms with Gasteiger partial charge in [-0.15, -0.1) is 11.3 Å². The molecule has 0 aliphatic heterocycles. The van der Waals surface area contributed by atoms with Gasteiger partial charge in [0.05, 0.1) is 4.83 Å². The molecule has 19 heavy (non-hydrogen) atoms. The number of hydrogen-bond acceptors (Lipinski definition) is 1. The van der Waals surface area contributed by atoms with Crippen molar-refractivity contribution in [3.05, 3.63) is 69.6 Å². The van der Waals surface area contributed by atoms with Crippen molar-refractivity contribution in [1.82, 2.24) is 0 Å². The molecule has 1 atom stereocenters. The molecule has 0 radical (unpaired) electrons. The summed E-state index contributed by atoms with van der Waals surface area (Å²) >= 11 is 11.8. The Balaban J connectivity index is 2.08. The molecule has 0 aliphatic rings. The van der Waals surface area contributed by atoms with Crippen LogP contribution in [0.25, 0.3) is 10.1 Å². The number of halogens is 2. The van der Waals surface area contributed by atoms with Crippen LogP contribution in [0.5, 0.6) is 0 Å². The van der Waals surface area contributed by atoms with E-state index in [1.165, 1.54) is 21.2 Å². The second-order valence-corrected chi connectivity index (χ2v) is 6.79. The maximum Gasteiger partial charge on any atom is 0.0659 e. The molecule has 1 unspecified atom stereocenters. The maximum absolute atomic E-state index is 6.22. The first-order chi connectivity index (χ1) is 9.16. The molecule has 3 aromatic rings. The van der Waals surface area contributed by atoms with Crippen LogP contribution in [0.2, 0.25) is 5.02 Å². The highest BCUT2D eigenvalue weighted by atomic mass is 79.9. The van der Waals surface area contributed by atoms with E-state index in [1.54, 1.807) is 11.3 Å². The summed E-state index contributed by atoms with van der Waals surface area (Å²) in [6.07, 6.45) is 0. The lowest BCUT2D eigenvalue weighted by Gasteiger charge is -2.11. The summed E-state index contributed by atoms with van der Waals surface area (Å²) in [5.74, 6) is 0. The lowest BCUT2D eigenvalue weighted by atomic mass is 10.0. The van der Waals surface area contributed by atoms with Crippen LogP contribution in [-0.2, 0) is 0 Å². The van der Waals surface area contributed by atoms with E-state index < -0.39 is 0 Å². The van der Waals surface area contributed by atoms with Crippen LogP contribution in [0, 0.1) is 6.92 Å². The number of thiophene rings is 1. The number of aryl methyl sites for hydroxylation is 1.